The van der Waals surface area contributed by atoms with Crippen LogP contribution in [0.25, 0.3) is 11.3 Å². The van der Waals surface area contributed by atoms with Crippen molar-refractivity contribution in [3.63, 3.8) is 0 Å². The second kappa shape index (κ2) is 7.21. The first-order chi connectivity index (χ1) is 11.6. The maximum atomic E-state index is 12.3. The fraction of sp³-hybridized carbons (Fsp3) is 0.176. The van der Waals surface area contributed by atoms with Crippen molar-refractivity contribution in [2.75, 3.05) is 0 Å². The van der Waals surface area contributed by atoms with Gasteiger partial charge < -0.3 is 0 Å². The molecule has 24 heavy (non-hydrogen) atoms. The number of hydrogen-bond donors (Lipinski definition) is 1. The van der Waals surface area contributed by atoms with Gasteiger partial charge in [0.1, 0.15) is 5.69 Å². The van der Waals surface area contributed by atoms with E-state index >= 15 is 0 Å². The predicted molar refractivity (Wildman–Crippen MR) is 95.2 cm³/mol. The molecule has 0 spiro atoms. The van der Waals surface area contributed by atoms with Gasteiger partial charge in [0, 0.05) is 17.5 Å². The van der Waals surface area contributed by atoms with Crippen LogP contribution in [0.1, 0.15) is 18.1 Å². The van der Waals surface area contributed by atoms with Crippen molar-refractivity contribution in [2.24, 2.45) is 0 Å². The van der Waals surface area contributed by atoms with Crippen molar-refractivity contribution < 1.29 is 8.42 Å². The molecule has 5 nitrogen and oxygen atoms in total. The van der Waals surface area contributed by atoms with Crippen molar-refractivity contribution in [2.45, 2.75) is 24.8 Å². The molecule has 0 radical (unpaired) electrons. The Hall–Kier alpha value is -2.09. The van der Waals surface area contributed by atoms with Gasteiger partial charge in [-0.3, -0.25) is 0 Å². The first-order valence-corrected chi connectivity index (χ1v) is 9.85. The summed E-state index contributed by atoms with van der Waals surface area (Å²) in [6.45, 7) is 2.28. The Labute approximate surface area is 145 Å². The summed E-state index contributed by atoms with van der Waals surface area (Å²) in [5.74, 6) is 0. The monoisotopic (exact) mass is 359 g/mol. The normalized spacial score (nSPS) is 11.5. The maximum absolute atomic E-state index is 12.3. The molecule has 0 bridgehead atoms. The number of benzene rings is 2. The van der Waals surface area contributed by atoms with Crippen LogP contribution < -0.4 is 4.72 Å². The molecule has 0 unspecified atom stereocenters. The molecule has 0 fully saturated rings. The van der Waals surface area contributed by atoms with E-state index in [4.69, 9.17) is 0 Å². The summed E-state index contributed by atoms with van der Waals surface area (Å²) >= 11 is 1.30. The van der Waals surface area contributed by atoms with E-state index in [9.17, 15) is 8.42 Å². The van der Waals surface area contributed by atoms with E-state index in [2.05, 4.69) is 14.3 Å². The molecule has 0 saturated carbocycles. The van der Waals surface area contributed by atoms with Gasteiger partial charge in [0.2, 0.25) is 10.0 Å². The molecule has 3 rings (SSSR count). The largest absolute Gasteiger partial charge is 0.240 e. The zero-order valence-electron chi connectivity index (χ0n) is 13.1. The van der Waals surface area contributed by atoms with E-state index in [1.165, 1.54) is 11.5 Å². The van der Waals surface area contributed by atoms with Crippen LogP contribution in [-0.4, -0.2) is 18.0 Å². The summed E-state index contributed by atoms with van der Waals surface area (Å²) in [6, 6.07) is 14.6. The molecular formula is C17H17N3O2S2. The lowest BCUT2D eigenvalue weighted by atomic mass is 10.1. The molecule has 7 heteroatoms. The van der Waals surface area contributed by atoms with Crippen molar-refractivity contribution in [3.05, 3.63) is 65.0 Å². The summed E-state index contributed by atoms with van der Waals surface area (Å²) in [4.78, 5) is 0.282. The summed E-state index contributed by atoms with van der Waals surface area (Å²) < 4.78 is 31.1. The Balaban J connectivity index is 1.67. The van der Waals surface area contributed by atoms with Gasteiger partial charge in [-0.05, 0) is 41.2 Å². The van der Waals surface area contributed by atoms with Gasteiger partial charge in [-0.15, -0.1) is 5.10 Å². The summed E-state index contributed by atoms with van der Waals surface area (Å²) in [7, 11) is -3.51. The van der Waals surface area contributed by atoms with Crippen LogP contribution in [-0.2, 0) is 23.0 Å². The third-order valence-electron chi connectivity index (χ3n) is 3.72. The Bertz CT molecular complexity index is 888. The van der Waals surface area contributed by atoms with Crippen LogP contribution in [0.2, 0.25) is 0 Å². The highest BCUT2D eigenvalue weighted by molar-refractivity contribution is 7.89. The minimum absolute atomic E-state index is 0.244. The van der Waals surface area contributed by atoms with Crippen LogP contribution in [0, 0.1) is 0 Å². The van der Waals surface area contributed by atoms with Crippen molar-refractivity contribution in [3.8, 4) is 11.3 Å². The molecular weight excluding hydrogens is 342 g/mol. The minimum atomic E-state index is -3.51. The third kappa shape index (κ3) is 3.87. The lowest BCUT2D eigenvalue weighted by Gasteiger charge is -2.08. The van der Waals surface area contributed by atoms with Crippen LogP contribution in [0.3, 0.4) is 0 Å². The average molecular weight is 359 g/mol. The number of sulfonamides is 1. The Kier molecular flexibility index (Phi) is 5.03. The molecule has 124 valence electrons. The number of aromatic nitrogens is 2. The fourth-order valence-electron chi connectivity index (χ4n) is 2.25. The molecule has 1 heterocycles. The molecule has 1 aromatic heterocycles. The highest BCUT2D eigenvalue weighted by atomic mass is 32.2. The molecule has 0 atom stereocenters. The molecule has 0 amide bonds. The Morgan fingerprint density at radius 3 is 2.25 bits per heavy atom. The number of aryl methyl sites for hydroxylation is 1. The van der Waals surface area contributed by atoms with Gasteiger partial charge in [-0.25, -0.2) is 13.1 Å². The SMILES string of the molecule is CCc1ccc(S(=O)(=O)NCc2ccc(-c3csnn3)cc2)cc1. The van der Waals surface area contributed by atoms with E-state index in [1.54, 1.807) is 12.1 Å². The van der Waals surface area contributed by atoms with Crippen molar-refractivity contribution >= 4 is 21.6 Å². The molecule has 0 saturated heterocycles. The summed E-state index contributed by atoms with van der Waals surface area (Å²) in [5, 5.41) is 5.88. The second-order valence-corrected chi connectivity index (χ2v) is 7.69. The maximum Gasteiger partial charge on any atom is 0.240 e. The second-order valence-electron chi connectivity index (χ2n) is 5.31. The van der Waals surface area contributed by atoms with E-state index in [-0.39, 0.29) is 11.4 Å². The molecule has 1 N–H and O–H groups in total. The van der Waals surface area contributed by atoms with Gasteiger partial charge in [0.15, 0.2) is 0 Å². The number of rotatable bonds is 6. The van der Waals surface area contributed by atoms with E-state index in [0.717, 1.165) is 28.8 Å². The van der Waals surface area contributed by atoms with Crippen molar-refractivity contribution in [1.82, 2.24) is 14.3 Å². The quantitative estimate of drug-likeness (QED) is 0.733. The molecule has 2 aromatic carbocycles. The summed E-state index contributed by atoms with van der Waals surface area (Å²) in [6.07, 6.45) is 0.884. The lowest BCUT2D eigenvalue weighted by Crippen LogP contribution is -2.23. The molecule has 3 aromatic rings. The average Bonchev–Trinajstić information content (AvgIpc) is 3.15. The van der Waals surface area contributed by atoms with Crippen molar-refractivity contribution in [1.29, 1.82) is 0 Å². The topological polar surface area (TPSA) is 72.0 Å². The minimum Gasteiger partial charge on any atom is -0.207 e. The van der Waals surface area contributed by atoms with Gasteiger partial charge in [0.25, 0.3) is 0 Å². The highest BCUT2D eigenvalue weighted by Crippen LogP contribution is 2.18. The number of nitrogens with one attached hydrogen (secondary N) is 1. The number of hydrogen-bond acceptors (Lipinski definition) is 5. The first kappa shape index (κ1) is 16.8. The van der Waals surface area contributed by atoms with Crippen LogP contribution in [0.15, 0.2) is 58.8 Å². The highest BCUT2D eigenvalue weighted by Gasteiger charge is 2.13. The standard InChI is InChI=1S/C17H17N3O2S2/c1-2-13-5-9-16(10-6-13)24(21,22)18-11-14-3-7-15(8-4-14)17-12-23-20-19-17/h3-10,12,18H,2,11H2,1H3. The van der Waals surface area contributed by atoms with Crippen LogP contribution in [0.4, 0.5) is 0 Å². The Morgan fingerprint density at radius 2 is 1.67 bits per heavy atom. The fourth-order valence-corrected chi connectivity index (χ4v) is 3.73. The lowest BCUT2D eigenvalue weighted by molar-refractivity contribution is 0.581. The summed E-state index contributed by atoms with van der Waals surface area (Å²) in [5.41, 5.74) is 3.78. The van der Waals surface area contributed by atoms with Crippen LogP contribution >= 0.6 is 11.5 Å². The first-order valence-electron chi connectivity index (χ1n) is 7.53. The van der Waals surface area contributed by atoms with E-state index < -0.39 is 10.0 Å². The predicted octanol–water partition coefficient (Wildman–Crippen LogP) is 3.25. The zero-order valence-corrected chi connectivity index (χ0v) is 14.8. The number of nitrogens with zero attached hydrogens (tertiary/aromatic N) is 2. The smallest absolute Gasteiger partial charge is 0.207 e. The van der Waals surface area contributed by atoms with E-state index in [0.29, 0.717) is 0 Å². The van der Waals surface area contributed by atoms with Crippen LogP contribution in [0.5, 0.6) is 0 Å². The van der Waals surface area contributed by atoms with Gasteiger partial charge in [-0.2, -0.15) is 0 Å². The van der Waals surface area contributed by atoms with Gasteiger partial charge in [0.05, 0.1) is 4.90 Å². The third-order valence-corrected chi connectivity index (χ3v) is 5.64. The Morgan fingerprint density at radius 1 is 1.00 bits per heavy atom. The van der Waals surface area contributed by atoms with Gasteiger partial charge in [-0.1, -0.05) is 47.8 Å². The zero-order chi connectivity index (χ0) is 17.0. The molecule has 0 aliphatic carbocycles. The van der Waals surface area contributed by atoms with Gasteiger partial charge >= 0.3 is 0 Å². The van der Waals surface area contributed by atoms with E-state index in [1.807, 2.05) is 48.7 Å². The molecule has 0 aliphatic heterocycles. The molecule has 0 aliphatic rings.